The van der Waals surface area contributed by atoms with E-state index in [1.54, 1.807) is 25.3 Å². The van der Waals surface area contributed by atoms with Gasteiger partial charge in [0.1, 0.15) is 5.75 Å². The average Bonchev–Trinajstić information content (AvgIpc) is 3.24. The minimum Gasteiger partial charge on any atom is -0.497 e. The molecular weight excluding hydrogens is 390 g/mol. The molecule has 0 aliphatic carbocycles. The highest BCUT2D eigenvalue weighted by Crippen LogP contribution is 2.23. The molecule has 1 fully saturated rings. The third-order valence-electron chi connectivity index (χ3n) is 4.85. The number of methoxy groups -OCH3 is 1. The van der Waals surface area contributed by atoms with Gasteiger partial charge in [0.15, 0.2) is 0 Å². The minimum atomic E-state index is -3.51. The second-order valence-electron chi connectivity index (χ2n) is 7.21. The minimum absolute atomic E-state index is 0.190. The van der Waals surface area contributed by atoms with Crippen LogP contribution < -0.4 is 10.1 Å². The number of sulfonamides is 1. The van der Waals surface area contributed by atoms with Crippen molar-refractivity contribution in [3.63, 3.8) is 0 Å². The van der Waals surface area contributed by atoms with Crippen LogP contribution in [0.4, 0.5) is 5.69 Å². The lowest BCUT2D eigenvalue weighted by Crippen LogP contribution is -2.30. The zero-order valence-electron chi connectivity index (χ0n) is 16.8. The van der Waals surface area contributed by atoms with Gasteiger partial charge < -0.3 is 10.1 Å². The van der Waals surface area contributed by atoms with Crippen molar-refractivity contribution in [1.82, 2.24) is 9.21 Å². The fourth-order valence-electron chi connectivity index (χ4n) is 3.36. The average molecular weight is 418 g/mol. The SMILES string of the molecule is COc1ccc(CN(C)CC(=O)Nc2cccc(S(=O)(=O)N3CCCC3)c2)cc1. The van der Waals surface area contributed by atoms with Gasteiger partial charge in [-0.2, -0.15) is 4.31 Å². The summed E-state index contributed by atoms with van der Waals surface area (Å²) in [6, 6.07) is 14.1. The van der Waals surface area contributed by atoms with Crippen molar-refractivity contribution in [3.8, 4) is 5.75 Å². The molecule has 0 bridgehead atoms. The Morgan fingerprint density at radius 3 is 2.48 bits per heavy atom. The zero-order chi connectivity index (χ0) is 20.9. The molecular formula is C21H27N3O4S. The molecule has 1 aliphatic heterocycles. The van der Waals surface area contributed by atoms with Gasteiger partial charge in [-0.05, 0) is 55.8 Å². The van der Waals surface area contributed by atoms with E-state index in [-0.39, 0.29) is 17.3 Å². The van der Waals surface area contributed by atoms with Gasteiger partial charge in [0, 0.05) is 25.3 Å². The number of likely N-dealkylation sites (N-methyl/N-ethyl adjacent to an activating group) is 1. The molecule has 3 rings (SSSR count). The molecule has 29 heavy (non-hydrogen) atoms. The van der Waals surface area contributed by atoms with Gasteiger partial charge in [-0.3, -0.25) is 9.69 Å². The van der Waals surface area contributed by atoms with E-state index in [2.05, 4.69) is 5.32 Å². The van der Waals surface area contributed by atoms with E-state index in [9.17, 15) is 13.2 Å². The van der Waals surface area contributed by atoms with Gasteiger partial charge in [0.25, 0.3) is 0 Å². The van der Waals surface area contributed by atoms with Crippen LogP contribution in [0.2, 0.25) is 0 Å². The van der Waals surface area contributed by atoms with E-state index in [4.69, 9.17) is 4.74 Å². The molecule has 1 amide bonds. The van der Waals surface area contributed by atoms with Crippen LogP contribution in [-0.2, 0) is 21.4 Å². The van der Waals surface area contributed by atoms with Crippen LogP contribution in [0.1, 0.15) is 18.4 Å². The van der Waals surface area contributed by atoms with Crippen molar-refractivity contribution >= 4 is 21.6 Å². The monoisotopic (exact) mass is 417 g/mol. The lowest BCUT2D eigenvalue weighted by Gasteiger charge is -2.18. The number of nitrogens with zero attached hydrogens (tertiary/aromatic N) is 2. The Labute approximate surface area is 172 Å². The fourth-order valence-corrected chi connectivity index (χ4v) is 4.92. The highest BCUT2D eigenvalue weighted by Gasteiger charge is 2.27. The topological polar surface area (TPSA) is 79.0 Å². The third kappa shape index (κ3) is 5.56. The van der Waals surface area contributed by atoms with Gasteiger partial charge in [-0.15, -0.1) is 0 Å². The molecule has 0 aromatic heterocycles. The molecule has 8 heteroatoms. The Morgan fingerprint density at radius 2 is 1.83 bits per heavy atom. The van der Waals surface area contributed by atoms with Gasteiger partial charge >= 0.3 is 0 Å². The maximum absolute atomic E-state index is 12.7. The first-order chi connectivity index (χ1) is 13.9. The summed E-state index contributed by atoms with van der Waals surface area (Å²) < 4.78 is 32.0. The molecule has 1 heterocycles. The largest absolute Gasteiger partial charge is 0.497 e. The van der Waals surface area contributed by atoms with E-state index in [0.717, 1.165) is 24.2 Å². The summed E-state index contributed by atoms with van der Waals surface area (Å²) in [7, 11) is -0.0241. The first-order valence-corrected chi connectivity index (χ1v) is 11.0. The molecule has 156 valence electrons. The third-order valence-corrected chi connectivity index (χ3v) is 6.74. The number of hydrogen-bond acceptors (Lipinski definition) is 5. The Kier molecular flexibility index (Phi) is 6.89. The van der Waals surface area contributed by atoms with Crippen LogP contribution in [-0.4, -0.2) is 57.3 Å². The summed E-state index contributed by atoms with van der Waals surface area (Å²) >= 11 is 0. The molecule has 2 aromatic rings. The predicted octanol–water partition coefficient (Wildman–Crippen LogP) is 2.55. The standard InChI is InChI=1S/C21H27N3O4S/c1-23(15-17-8-10-19(28-2)11-9-17)16-21(25)22-18-6-5-7-20(14-18)29(26,27)24-12-3-4-13-24/h5-11,14H,3-4,12-13,15-16H2,1-2H3,(H,22,25). The summed E-state index contributed by atoms with van der Waals surface area (Å²) in [6.07, 6.45) is 1.77. The Morgan fingerprint density at radius 1 is 1.14 bits per heavy atom. The number of carbonyl (C=O) groups excluding carboxylic acids is 1. The lowest BCUT2D eigenvalue weighted by molar-refractivity contribution is -0.117. The van der Waals surface area contributed by atoms with Gasteiger partial charge in [-0.1, -0.05) is 18.2 Å². The highest BCUT2D eigenvalue weighted by molar-refractivity contribution is 7.89. The molecule has 2 aromatic carbocycles. The zero-order valence-corrected chi connectivity index (χ0v) is 17.6. The Balaban J connectivity index is 1.58. The number of benzene rings is 2. The van der Waals surface area contributed by atoms with E-state index in [0.29, 0.717) is 25.3 Å². The van der Waals surface area contributed by atoms with Gasteiger partial charge in [0.05, 0.1) is 18.6 Å². The molecule has 1 saturated heterocycles. The van der Waals surface area contributed by atoms with E-state index >= 15 is 0 Å². The van der Waals surface area contributed by atoms with E-state index in [1.807, 2.05) is 36.2 Å². The van der Waals surface area contributed by atoms with Crippen molar-refractivity contribution in [3.05, 3.63) is 54.1 Å². The summed E-state index contributed by atoms with van der Waals surface area (Å²) in [6.45, 7) is 1.90. The van der Waals surface area contributed by atoms with Gasteiger partial charge in [0.2, 0.25) is 15.9 Å². The summed E-state index contributed by atoms with van der Waals surface area (Å²) in [5.41, 5.74) is 1.55. The van der Waals surface area contributed by atoms with Crippen LogP contribution in [0.15, 0.2) is 53.4 Å². The molecule has 1 aliphatic rings. The van der Waals surface area contributed by atoms with Crippen molar-refractivity contribution in [2.24, 2.45) is 0 Å². The van der Waals surface area contributed by atoms with Crippen LogP contribution in [0.3, 0.4) is 0 Å². The summed E-state index contributed by atoms with van der Waals surface area (Å²) in [4.78, 5) is 14.5. The number of anilines is 1. The Hall–Kier alpha value is -2.42. The van der Waals surface area contributed by atoms with E-state index < -0.39 is 10.0 Å². The van der Waals surface area contributed by atoms with Crippen molar-refractivity contribution < 1.29 is 17.9 Å². The predicted molar refractivity (Wildman–Crippen MR) is 112 cm³/mol. The second kappa shape index (κ2) is 9.39. The second-order valence-corrected chi connectivity index (χ2v) is 9.15. The maximum Gasteiger partial charge on any atom is 0.243 e. The smallest absolute Gasteiger partial charge is 0.243 e. The Bertz CT molecular complexity index is 939. The number of ether oxygens (including phenoxy) is 1. The lowest BCUT2D eigenvalue weighted by atomic mass is 10.2. The maximum atomic E-state index is 12.7. The quantitative estimate of drug-likeness (QED) is 0.714. The molecule has 0 radical (unpaired) electrons. The number of nitrogens with one attached hydrogen (secondary N) is 1. The van der Waals surface area contributed by atoms with Crippen LogP contribution in [0.5, 0.6) is 5.75 Å². The summed E-state index contributed by atoms with van der Waals surface area (Å²) in [5, 5.41) is 2.80. The first-order valence-electron chi connectivity index (χ1n) is 9.60. The van der Waals surface area contributed by atoms with Crippen LogP contribution in [0.25, 0.3) is 0 Å². The normalized spacial score (nSPS) is 14.9. The van der Waals surface area contributed by atoms with Crippen molar-refractivity contribution in [2.45, 2.75) is 24.3 Å². The molecule has 0 spiro atoms. The number of carbonyl (C=O) groups is 1. The van der Waals surface area contributed by atoms with Crippen LogP contribution >= 0.6 is 0 Å². The van der Waals surface area contributed by atoms with E-state index in [1.165, 1.54) is 10.4 Å². The number of rotatable bonds is 8. The molecule has 0 atom stereocenters. The highest BCUT2D eigenvalue weighted by atomic mass is 32.2. The first kappa shape index (κ1) is 21.3. The number of amides is 1. The molecule has 1 N–H and O–H groups in total. The van der Waals surface area contributed by atoms with Crippen molar-refractivity contribution in [1.29, 1.82) is 0 Å². The molecule has 7 nitrogen and oxygen atoms in total. The van der Waals surface area contributed by atoms with Gasteiger partial charge in [-0.25, -0.2) is 8.42 Å². The van der Waals surface area contributed by atoms with Crippen molar-refractivity contribution in [2.75, 3.05) is 39.1 Å². The summed E-state index contributed by atoms with van der Waals surface area (Å²) in [5.74, 6) is 0.592. The van der Waals surface area contributed by atoms with Crippen LogP contribution in [0, 0.1) is 0 Å². The molecule has 0 unspecified atom stereocenters. The molecule has 0 saturated carbocycles. The fraction of sp³-hybridized carbons (Fsp3) is 0.381. The number of hydrogen-bond donors (Lipinski definition) is 1.